The molecule has 0 aliphatic rings. The maximum Gasteiger partial charge on any atom is 0.264 e. The van der Waals surface area contributed by atoms with Gasteiger partial charge in [-0.05, 0) is 61.4 Å². The average Bonchev–Trinajstić information content (AvgIpc) is 2.98. The highest BCUT2D eigenvalue weighted by Gasteiger charge is 2.34. The van der Waals surface area contributed by atoms with Gasteiger partial charge in [-0.3, -0.25) is 13.9 Å². The number of aryl methyl sites for hydroxylation is 2. The predicted octanol–water partition coefficient (Wildman–Crippen LogP) is 5.02. The number of anilines is 1. The van der Waals surface area contributed by atoms with Crippen LogP contribution < -0.4 is 9.62 Å². The van der Waals surface area contributed by atoms with E-state index in [1.54, 1.807) is 24.3 Å². The summed E-state index contributed by atoms with van der Waals surface area (Å²) in [5.41, 5.74) is 3.82. The van der Waals surface area contributed by atoms with Crippen LogP contribution in [0.3, 0.4) is 0 Å². The van der Waals surface area contributed by atoms with E-state index < -0.39 is 34.3 Å². The van der Waals surface area contributed by atoms with Crippen molar-refractivity contribution >= 4 is 27.5 Å². The van der Waals surface area contributed by atoms with Crippen molar-refractivity contribution in [1.29, 1.82) is 0 Å². The Morgan fingerprint density at radius 3 is 2.07 bits per heavy atom. The zero-order valence-corrected chi connectivity index (χ0v) is 24.6. The topological polar surface area (TPSA) is 86.8 Å². The lowest BCUT2D eigenvalue weighted by atomic mass is 10.0. The molecule has 0 radical (unpaired) electrons. The molecular formula is C33H34FN3O4S. The minimum atomic E-state index is -4.28. The van der Waals surface area contributed by atoms with Gasteiger partial charge in [0.05, 0.1) is 10.6 Å². The van der Waals surface area contributed by atoms with E-state index in [1.807, 2.05) is 68.4 Å². The van der Waals surface area contributed by atoms with Crippen molar-refractivity contribution in [3.63, 3.8) is 0 Å². The first kappa shape index (κ1) is 30.5. The third kappa shape index (κ3) is 7.41. The van der Waals surface area contributed by atoms with E-state index in [0.717, 1.165) is 38.7 Å². The van der Waals surface area contributed by atoms with Gasteiger partial charge in [0.15, 0.2) is 0 Å². The van der Waals surface area contributed by atoms with Crippen LogP contribution in [0.1, 0.15) is 22.3 Å². The first-order valence-corrected chi connectivity index (χ1v) is 15.0. The minimum Gasteiger partial charge on any atom is -0.357 e. The molecule has 4 rings (SSSR count). The Kier molecular flexibility index (Phi) is 9.75. The lowest BCUT2D eigenvalue weighted by molar-refractivity contribution is -0.139. The zero-order valence-electron chi connectivity index (χ0n) is 23.8. The van der Waals surface area contributed by atoms with Crippen LogP contribution in [0, 0.1) is 19.7 Å². The minimum absolute atomic E-state index is 0.0871. The molecule has 1 atom stereocenters. The number of rotatable bonds is 11. The Labute approximate surface area is 246 Å². The molecule has 0 saturated carbocycles. The van der Waals surface area contributed by atoms with Crippen molar-refractivity contribution in [1.82, 2.24) is 10.2 Å². The second kappa shape index (κ2) is 13.4. The van der Waals surface area contributed by atoms with Crippen LogP contribution in [-0.4, -0.2) is 44.8 Å². The smallest absolute Gasteiger partial charge is 0.264 e. The lowest BCUT2D eigenvalue weighted by Crippen LogP contribution is -2.53. The first-order chi connectivity index (χ1) is 20.1. The molecule has 4 aromatic carbocycles. The highest BCUT2D eigenvalue weighted by Crippen LogP contribution is 2.26. The second-order valence-electron chi connectivity index (χ2n) is 10.1. The summed E-state index contributed by atoms with van der Waals surface area (Å²) in [6.07, 6.45) is 0.229. The Balaban J connectivity index is 1.78. The van der Waals surface area contributed by atoms with Crippen LogP contribution in [0.25, 0.3) is 0 Å². The molecule has 0 saturated heterocycles. The summed E-state index contributed by atoms with van der Waals surface area (Å²) in [5, 5.41) is 2.67. The fourth-order valence-electron chi connectivity index (χ4n) is 4.70. The Hall–Kier alpha value is -4.50. The van der Waals surface area contributed by atoms with E-state index in [2.05, 4.69) is 5.32 Å². The highest BCUT2D eigenvalue weighted by atomic mass is 32.2. The van der Waals surface area contributed by atoms with Crippen LogP contribution in [0.15, 0.2) is 108 Å². The van der Waals surface area contributed by atoms with Crippen LogP contribution >= 0.6 is 0 Å². The number of halogens is 1. The molecule has 0 heterocycles. The van der Waals surface area contributed by atoms with Crippen molar-refractivity contribution in [2.24, 2.45) is 0 Å². The molecule has 0 aliphatic carbocycles. The van der Waals surface area contributed by atoms with Crippen molar-refractivity contribution in [3.8, 4) is 0 Å². The maximum atomic E-state index is 14.2. The first-order valence-electron chi connectivity index (χ1n) is 13.5. The summed E-state index contributed by atoms with van der Waals surface area (Å²) < 4.78 is 42.5. The molecule has 2 amide bonds. The van der Waals surface area contributed by atoms with Gasteiger partial charge in [-0.15, -0.1) is 0 Å². The third-order valence-corrected chi connectivity index (χ3v) is 8.74. The molecule has 4 aromatic rings. The molecular weight excluding hydrogens is 553 g/mol. The molecule has 0 bridgehead atoms. The van der Waals surface area contributed by atoms with Crippen molar-refractivity contribution < 1.29 is 22.4 Å². The number of nitrogens with one attached hydrogen (secondary N) is 1. The van der Waals surface area contributed by atoms with Gasteiger partial charge in [-0.1, -0.05) is 77.9 Å². The number of sulfonamides is 1. The molecule has 42 heavy (non-hydrogen) atoms. The van der Waals surface area contributed by atoms with Gasteiger partial charge in [0.25, 0.3) is 10.0 Å². The van der Waals surface area contributed by atoms with Crippen molar-refractivity contribution in [2.45, 2.75) is 37.8 Å². The number of hydrogen-bond donors (Lipinski definition) is 1. The monoisotopic (exact) mass is 587 g/mol. The molecule has 9 heteroatoms. The van der Waals surface area contributed by atoms with Gasteiger partial charge in [0, 0.05) is 20.0 Å². The number of hydrogen-bond acceptors (Lipinski definition) is 4. The summed E-state index contributed by atoms with van der Waals surface area (Å²) in [6, 6.07) is 27.2. The van der Waals surface area contributed by atoms with Crippen LogP contribution in [0.2, 0.25) is 0 Å². The number of carbonyl (C=O) groups is 2. The third-order valence-electron chi connectivity index (χ3n) is 6.96. The number of benzene rings is 4. The molecule has 218 valence electrons. The molecule has 0 aliphatic heterocycles. The van der Waals surface area contributed by atoms with E-state index in [0.29, 0.717) is 0 Å². The van der Waals surface area contributed by atoms with Gasteiger partial charge in [0.1, 0.15) is 18.4 Å². The normalized spacial score (nSPS) is 11.9. The number of nitrogens with zero attached hydrogens (tertiary/aromatic N) is 2. The van der Waals surface area contributed by atoms with E-state index in [9.17, 15) is 22.4 Å². The summed E-state index contributed by atoms with van der Waals surface area (Å²) in [6.45, 7) is 3.32. The van der Waals surface area contributed by atoms with Crippen LogP contribution in [0.5, 0.6) is 0 Å². The Morgan fingerprint density at radius 2 is 1.45 bits per heavy atom. The van der Waals surface area contributed by atoms with E-state index in [-0.39, 0.29) is 29.5 Å². The van der Waals surface area contributed by atoms with Crippen molar-refractivity contribution in [2.75, 3.05) is 17.9 Å². The number of likely N-dealkylation sites (N-methyl/N-ethyl adjacent to an activating group) is 1. The quantitative estimate of drug-likeness (QED) is 0.267. The lowest BCUT2D eigenvalue weighted by Gasteiger charge is -2.33. The molecule has 7 nitrogen and oxygen atoms in total. The average molecular weight is 588 g/mol. The van der Waals surface area contributed by atoms with Gasteiger partial charge < -0.3 is 10.2 Å². The number of amides is 2. The van der Waals surface area contributed by atoms with E-state index in [1.165, 1.54) is 24.1 Å². The largest absolute Gasteiger partial charge is 0.357 e. The molecule has 0 unspecified atom stereocenters. The van der Waals surface area contributed by atoms with Gasteiger partial charge >= 0.3 is 0 Å². The fraction of sp³-hybridized carbons (Fsp3) is 0.212. The van der Waals surface area contributed by atoms with E-state index in [4.69, 9.17) is 0 Å². The fourth-order valence-corrected chi connectivity index (χ4v) is 6.12. The summed E-state index contributed by atoms with van der Waals surface area (Å²) in [4.78, 5) is 28.8. The molecule has 1 N–H and O–H groups in total. The molecule has 0 aromatic heterocycles. The highest BCUT2D eigenvalue weighted by molar-refractivity contribution is 7.92. The van der Waals surface area contributed by atoms with Gasteiger partial charge in [0.2, 0.25) is 11.8 Å². The SMILES string of the molecule is CNC(=O)[C@H](Cc1ccccc1)N(Cc1cccc(C)c1)C(=O)CN(c1ccc(C)cc1)S(=O)(=O)c1ccc(F)cc1. The zero-order chi connectivity index (χ0) is 30.3. The Morgan fingerprint density at radius 1 is 0.810 bits per heavy atom. The standard InChI is InChI=1S/C33H34FN3O4S/c1-24-12-16-29(17-13-24)37(42(40,41)30-18-14-28(34)15-19-30)23-32(38)36(22-27-11-7-8-25(2)20-27)31(33(39)35-3)21-26-9-5-4-6-10-26/h4-20,31H,21-23H2,1-3H3,(H,35,39)/t31-/m0/s1. The Bertz CT molecular complexity index is 1630. The summed E-state index contributed by atoms with van der Waals surface area (Å²) in [7, 11) is -2.78. The van der Waals surface area contributed by atoms with Crippen LogP contribution in [-0.2, 0) is 32.6 Å². The molecule has 0 fully saturated rings. The number of carbonyl (C=O) groups excluding carboxylic acids is 2. The summed E-state index contributed by atoms with van der Waals surface area (Å²) in [5.74, 6) is -1.51. The summed E-state index contributed by atoms with van der Waals surface area (Å²) >= 11 is 0. The van der Waals surface area contributed by atoms with E-state index >= 15 is 0 Å². The predicted molar refractivity (Wildman–Crippen MR) is 162 cm³/mol. The van der Waals surface area contributed by atoms with Crippen molar-refractivity contribution in [3.05, 3.63) is 131 Å². The van der Waals surface area contributed by atoms with Gasteiger partial charge in [-0.2, -0.15) is 0 Å². The molecule has 0 spiro atoms. The maximum absolute atomic E-state index is 14.2. The van der Waals surface area contributed by atoms with Gasteiger partial charge in [-0.25, -0.2) is 12.8 Å². The second-order valence-corrected chi connectivity index (χ2v) is 12.0. The van der Waals surface area contributed by atoms with Crippen LogP contribution in [0.4, 0.5) is 10.1 Å².